The quantitative estimate of drug-likeness (QED) is 0.779. The Morgan fingerprint density at radius 2 is 2.21 bits per heavy atom. The highest BCUT2D eigenvalue weighted by Crippen LogP contribution is 2.20. The lowest BCUT2D eigenvalue weighted by atomic mass is 9.94. The SMILES string of the molecule is c1cc2cc(CC3CNC3)ccc2o1. The maximum Gasteiger partial charge on any atom is 0.133 e. The van der Waals surface area contributed by atoms with Gasteiger partial charge in [0.2, 0.25) is 0 Å². The van der Waals surface area contributed by atoms with Crippen molar-refractivity contribution in [1.82, 2.24) is 5.32 Å². The number of rotatable bonds is 2. The summed E-state index contributed by atoms with van der Waals surface area (Å²) in [5, 5.41) is 4.51. The summed E-state index contributed by atoms with van der Waals surface area (Å²) in [5.74, 6) is 0.833. The minimum Gasteiger partial charge on any atom is -0.464 e. The lowest BCUT2D eigenvalue weighted by molar-refractivity contribution is 0.346. The van der Waals surface area contributed by atoms with E-state index in [9.17, 15) is 0 Å². The monoisotopic (exact) mass is 187 g/mol. The van der Waals surface area contributed by atoms with Crippen molar-refractivity contribution in [3.63, 3.8) is 0 Å². The van der Waals surface area contributed by atoms with Crippen molar-refractivity contribution in [3.05, 3.63) is 36.1 Å². The predicted octanol–water partition coefficient (Wildman–Crippen LogP) is 2.19. The second-order valence-electron chi connectivity index (χ2n) is 4.02. The van der Waals surface area contributed by atoms with Gasteiger partial charge in [-0.25, -0.2) is 0 Å². The largest absolute Gasteiger partial charge is 0.464 e. The van der Waals surface area contributed by atoms with Crippen LogP contribution in [0.1, 0.15) is 5.56 Å². The average Bonchev–Trinajstić information content (AvgIpc) is 2.58. The molecular formula is C12H13NO. The molecule has 2 heteroatoms. The van der Waals surface area contributed by atoms with E-state index in [1.54, 1.807) is 6.26 Å². The van der Waals surface area contributed by atoms with Crippen LogP contribution in [0.5, 0.6) is 0 Å². The van der Waals surface area contributed by atoms with E-state index >= 15 is 0 Å². The third kappa shape index (κ3) is 1.32. The first-order chi connectivity index (χ1) is 6.92. The van der Waals surface area contributed by atoms with Crippen molar-refractivity contribution in [2.75, 3.05) is 13.1 Å². The van der Waals surface area contributed by atoms with Gasteiger partial charge in [-0.05, 0) is 49.2 Å². The second-order valence-corrected chi connectivity index (χ2v) is 4.02. The Morgan fingerprint density at radius 1 is 1.29 bits per heavy atom. The predicted molar refractivity (Wildman–Crippen MR) is 56.3 cm³/mol. The summed E-state index contributed by atoms with van der Waals surface area (Å²) >= 11 is 0. The Labute approximate surface area is 82.9 Å². The fraction of sp³-hybridized carbons (Fsp3) is 0.333. The van der Waals surface area contributed by atoms with Crippen LogP contribution in [-0.4, -0.2) is 13.1 Å². The van der Waals surface area contributed by atoms with Gasteiger partial charge in [0.05, 0.1) is 6.26 Å². The van der Waals surface area contributed by atoms with E-state index in [2.05, 4.69) is 23.5 Å². The number of nitrogens with one attached hydrogen (secondary N) is 1. The topological polar surface area (TPSA) is 25.2 Å². The van der Waals surface area contributed by atoms with Crippen LogP contribution in [0.3, 0.4) is 0 Å². The lowest BCUT2D eigenvalue weighted by Crippen LogP contribution is -2.43. The summed E-state index contributed by atoms with van der Waals surface area (Å²) in [6.07, 6.45) is 2.94. The molecule has 2 heterocycles. The van der Waals surface area contributed by atoms with Crippen LogP contribution in [0.4, 0.5) is 0 Å². The zero-order valence-corrected chi connectivity index (χ0v) is 7.99. The van der Waals surface area contributed by atoms with Crippen LogP contribution in [0.15, 0.2) is 34.9 Å². The highest BCUT2D eigenvalue weighted by Gasteiger charge is 2.16. The van der Waals surface area contributed by atoms with Gasteiger partial charge in [0.1, 0.15) is 5.58 Å². The standard InChI is InChI=1S/C12H13NO/c1-2-12-11(3-4-14-12)6-9(1)5-10-7-13-8-10/h1-4,6,10,13H,5,7-8H2. The molecule has 1 aliphatic heterocycles. The molecule has 3 rings (SSSR count). The van der Waals surface area contributed by atoms with E-state index < -0.39 is 0 Å². The molecule has 1 fully saturated rings. The van der Waals surface area contributed by atoms with Gasteiger partial charge < -0.3 is 9.73 Å². The first-order valence-electron chi connectivity index (χ1n) is 5.09. The number of benzene rings is 1. The smallest absolute Gasteiger partial charge is 0.133 e. The highest BCUT2D eigenvalue weighted by molar-refractivity contribution is 5.77. The molecule has 1 aromatic heterocycles. The van der Waals surface area contributed by atoms with Gasteiger partial charge in [0, 0.05) is 5.39 Å². The highest BCUT2D eigenvalue weighted by atomic mass is 16.3. The summed E-state index contributed by atoms with van der Waals surface area (Å²) in [6, 6.07) is 8.50. The van der Waals surface area contributed by atoms with E-state index in [-0.39, 0.29) is 0 Å². The van der Waals surface area contributed by atoms with Crippen molar-refractivity contribution in [2.24, 2.45) is 5.92 Å². The molecule has 14 heavy (non-hydrogen) atoms. The van der Waals surface area contributed by atoms with Crippen molar-refractivity contribution in [3.8, 4) is 0 Å². The molecule has 72 valence electrons. The zero-order chi connectivity index (χ0) is 9.38. The molecule has 0 spiro atoms. The first kappa shape index (κ1) is 8.06. The Kier molecular flexibility index (Phi) is 1.81. The summed E-state index contributed by atoms with van der Waals surface area (Å²) < 4.78 is 5.31. The van der Waals surface area contributed by atoms with E-state index in [0.29, 0.717) is 0 Å². The molecule has 0 bridgehead atoms. The number of hydrogen-bond donors (Lipinski definition) is 1. The molecule has 0 atom stereocenters. The number of fused-ring (bicyclic) bond motifs is 1. The molecular weight excluding hydrogens is 174 g/mol. The Balaban J connectivity index is 1.88. The molecule has 0 unspecified atom stereocenters. The Hall–Kier alpha value is -1.28. The first-order valence-corrected chi connectivity index (χ1v) is 5.09. The third-order valence-corrected chi connectivity index (χ3v) is 2.91. The van der Waals surface area contributed by atoms with Crippen LogP contribution in [0, 0.1) is 5.92 Å². The van der Waals surface area contributed by atoms with E-state index in [1.165, 1.54) is 30.5 Å². The van der Waals surface area contributed by atoms with Gasteiger partial charge in [-0.1, -0.05) is 6.07 Å². The molecule has 1 saturated heterocycles. The molecule has 2 nitrogen and oxygen atoms in total. The summed E-state index contributed by atoms with van der Waals surface area (Å²) in [5.41, 5.74) is 2.41. The van der Waals surface area contributed by atoms with Crippen molar-refractivity contribution >= 4 is 11.0 Å². The molecule has 1 aromatic carbocycles. The van der Waals surface area contributed by atoms with Gasteiger partial charge in [-0.2, -0.15) is 0 Å². The van der Waals surface area contributed by atoms with Gasteiger partial charge >= 0.3 is 0 Å². The van der Waals surface area contributed by atoms with E-state index in [0.717, 1.165) is 11.5 Å². The van der Waals surface area contributed by atoms with Crippen LogP contribution < -0.4 is 5.32 Å². The van der Waals surface area contributed by atoms with Crippen LogP contribution in [0.25, 0.3) is 11.0 Å². The van der Waals surface area contributed by atoms with Crippen LogP contribution >= 0.6 is 0 Å². The minimum absolute atomic E-state index is 0.833. The molecule has 1 N–H and O–H groups in total. The van der Waals surface area contributed by atoms with E-state index in [4.69, 9.17) is 4.42 Å². The van der Waals surface area contributed by atoms with Gasteiger partial charge in [0.25, 0.3) is 0 Å². The van der Waals surface area contributed by atoms with Crippen molar-refractivity contribution < 1.29 is 4.42 Å². The molecule has 0 aliphatic carbocycles. The number of hydrogen-bond acceptors (Lipinski definition) is 2. The van der Waals surface area contributed by atoms with Gasteiger partial charge in [-0.15, -0.1) is 0 Å². The summed E-state index contributed by atoms with van der Waals surface area (Å²) in [7, 11) is 0. The molecule has 0 saturated carbocycles. The van der Waals surface area contributed by atoms with Crippen LogP contribution in [0.2, 0.25) is 0 Å². The fourth-order valence-electron chi connectivity index (χ4n) is 1.97. The van der Waals surface area contributed by atoms with Crippen molar-refractivity contribution in [1.29, 1.82) is 0 Å². The average molecular weight is 187 g/mol. The van der Waals surface area contributed by atoms with Crippen molar-refractivity contribution in [2.45, 2.75) is 6.42 Å². The van der Waals surface area contributed by atoms with Gasteiger partial charge in [0.15, 0.2) is 0 Å². The second kappa shape index (κ2) is 3.14. The Morgan fingerprint density at radius 3 is 3.00 bits per heavy atom. The zero-order valence-electron chi connectivity index (χ0n) is 7.99. The van der Waals surface area contributed by atoms with Gasteiger partial charge in [-0.3, -0.25) is 0 Å². The maximum atomic E-state index is 5.31. The molecule has 1 aliphatic rings. The summed E-state index contributed by atoms with van der Waals surface area (Å²) in [4.78, 5) is 0. The third-order valence-electron chi connectivity index (χ3n) is 2.91. The number of furan rings is 1. The molecule has 0 amide bonds. The Bertz CT molecular complexity index is 442. The molecule has 2 aromatic rings. The maximum absolute atomic E-state index is 5.31. The normalized spacial score (nSPS) is 17.1. The summed E-state index contributed by atoms with van der Waals surface area (Å²) in [6.45, 7) is 2.34. The minimum atomic E-state index is 0.833. The van der Waals surface area contributed by atoms with E-state index in [1.807, 2.05) is 6.07 Å². The molecule has 0 radical (unpaired) electrons. The lowest BCUT2D eigenvalue weighted by Gasteiger charge is -2.27. The fourth-order valence-corrected chi connectivity index (χ4v) is 1.97. The van der Waals surface area contributed by atoms with Crippen LogP contribution in [-0.2, 0) is 6.42 Å².